The summed E-state index contributed by atoms with van der Waals surface area (Å²) in [6.07, 6.45) is 12.2. The topological polar surface area (TPSA) is 128 Å². The van der Waals surface area contributed by atoms with E-state index < -0.39 is 0 Å². The first kappa shape index (κ1) is 28.0. The molecule has 0 aliphatic carbocycles. The van der Waals surface area contributed by atoms with Gasteiger partial charge in [0.2, 0.25) is 5.91 Å². The predicted molar refractivity (Wildman–Crippen MR) is 158 cm³/mol. The summed E-state index contributed by atoms with van der Waals surface area (Å²) in [4.78, 5) is 41.6. The molecule has 1 fully saturated rings. The van der Waals surface area contributed by atoms with E-state index in [2.05, 4.69) is 22.2 Å². The van der Waals surface area contributed by atoms with Crippen molar-refractivity contribution in [2.75, 3.05) is 31.3 Å². The molecule has 10 heteroatoms. The molecule has 1 atom stereocenters. The van der Waals surface area contributed by atoms with Crippen LogP contribution in [-0.4, -0.2) is 56.3 Å². The van der Waals surface area contributed by atoms with Crippen LogP contribution in [0.1, 0.15) is 59.5 Å². The van der Waals surface area contributed by atoms with E-state index in [9.17, 15) is 9.59 Å². The van der Waals surface area contributed by atoms with Crippen molar-refractivity contribution in [1.29, 1.82) is 0 Å². The summed E-state index contributed by atoms with van der Waals surface area (Å²) in [5.41, 5.74) is 11.1. The van der Waals surface area contributed by atoms with Crippen LogP contribution in [0.5, 0.6) is 0 Å². The molecule has 2 amide bonds. The molecule has 0 bridgehead atoms. The number of amides is 2. The van der Waals surface area contributed by atoms with Gasteiger partial charge >= 0.3 is 0 Å². The van der Waals surface area contributed by atoms with Crippen molar-refractivity contribution < 1.29 is 14.3 Å². The minimum atomic E-state index is -0.242. The SMILES string of the molecule is CCCc1ccc(NC(=O)c2ccc(-c3nc([C@@H]4CCCN4C(=O)/C=C/COC)n4ccnc(N)c34)c(C)c2)nc1. The van der Waals surface area contributed by atoms with E-state index in [1.807, 2.05) is 46.7 Å². The number of fused-ring (bicyclic) bond motifs is 1. The van der Waals surface area contributed by atoms with Gasteiger partial charge in [0.05, 0.1) is 12.6 Å². The van der Waals surface area contributed by atoms with E-state index >= 15 is 0 Å². The molecule has 1 aliphatic rings. The lowest BCUT2D eigenvalue weighted by molar-refractivity contribution is -0.127. The van der Waals surface area contributed by atoms with Crippen molar-refractivity contribution >= 4 is 29.0 Å². The van der Waals surface area contributed by atoms with Gasteiger partial charge in [-0.05, 0) is 55.5 Å². The number of hydrogen-bond acceptors (Lipinski definition) is 7. The number of carbonyl (C=O) groups excluding carboxylic acids is 2. The number of benzene rings is 1. The second-order valence-corrected chi connectivity index (χ2v) is 10.2. The second kappa shape index (κ2) is 12.3. The van der Waals surface area contributed by atoms with Gasteiger partial charge in [0.15, 0.2) is 0 Å². The third kappa shape index (κ3) is 5.83. The van der Waals surface area contributed by atoms with Crippen molar-refractivity contribution in [2.24, 2.45) is 0 Å². The lowest BCUT2D eigenvalue weighted by Gasteiger charge is -2.22. The van der Waals surface area contributed by atoms with Crippen LogP contribution in [0.4, 0.5) is 11.6 Å². The number of nitrogens with one attached hydrogen (secondary N) is 1. The quantitative estimate of drug-likeness (QED) is 0.286. The average Bonchev–Trinajstić information content (AvgIpc) is 3.60. The highest BCUT2D eigenvalue weighted by molar-refractivity contribution is 6.04. The Labute approximate surface area is 239 Å². The monoisotopic (exact) mass is 553 g/mol. The summed E-state index contributed by atoms with van der Waals surface area (Å²) in [5, 5.41) is 2.88. The van der Waals surface area contributed by atoms with Crippen LogP contribution >= 0.6 is 0 Å². The third-order valence-electron chi connectivity index (χ3n) is 7.32. The molecule has 3 N–H and O–H groups in total. The van der Waals surface area contributed by atoms with Gasteiger partial charge in [-0.25, -0.2) is 15.0 Å². The summed E-state index contributed by atoms with van der Waals surface area (Å²) in [6.45, 7) is 5.07. The summed E-state index contributed by atoms with van der Waals surface area (Å²) >= 11 is 0. The highest BCUT2D eigenvalue weighted by Gasteiger charge is 2.33. The van der Waals surface area contributed by atoms with Gasteiger partial charge in [-0.3, -0.25) is 14.0 Å². The molecule has 1 aromatic carbocycles. The number of nitrogen functional groups attached to an aromatic ring is 1. The summed E-state index contributed by atoms with van der Waals surface area (Å²) in [6, 6.07) is 9.08. The molecule has 10 nitrogen and oxygen atoms in total. The maximum Gasteiger partial charge on any atom is 0.256 e. The molecule has 0 saturated carbocycles. The lowest BCUT2D eigenvalue weighted by atomic mass is 10.0. The number of nitrogens with two attached hydrogens (primary N) is 1. The van der Waals surface area contributed by atoms with Crippen LogP contribution < -0.4 is 11.1 Å². The number of imidazole rings is 1. The van der Waals surface area contributed by atoms with Crippen LogP contribution in [0.3, 0.4) is 0 Å². The normalized spacial score (nSPS) is 15.2. The summed E-state index contributed by atoms with van der Waals surface area (Å²) in [5.74, 6) is 1.26. The number of pyridine rings is 1. The van der Waals surface area contributed by atoms with Crippen molar-refractivity contribution in [2.45, 2.75) is 45.6 Å². The number of rotatable bonds is 9. The molecular formula is C31H35N7O3. The fourth-order valence-corrected chi connectivity index (χ4v) is 5.34. The molecule has 212 valence electrons. The number of hydrogen-bond donors (Lipinski definition) is 2. The zero-order chi connectivity index (χ0) is 28.9. The predicted octanol–water partition coefficient (Wildman–Crippen LogP) is 4.75. The molecule has 0 spiro atoms. The van der Waals surface area contributed by atoms with Crippen molar-refractivity contribution in [3.05, 3.63) is 83.6 Å². The number of anilines is 2. The number of ether oxygens (including phenoxy) is 1. The van der Waals surface area contributed by atoms with Gasteiger partial charge in [0.1, 0.15) is 28.7 Å². The van der Waals surface area contributed by atoms with E-state index in [4.69, 9.17) is 15.5 Å². The first-order valence-electron chi connectivity index (χ1n) is 13.9. The minimum Gasteiger partial charge on any atom is -0.382 e. The Hall–Kier alpha value is -4.57. The number of methoxy groups -OCH3 is 1. The molecular weight excluding hydrogens is 518 g/mol. The van der Waals surface area contributed by atoms with Gasteiger partial charge < -0.3 is 20.7 Å². The largest absolute Gasteiger partial charge is 0.382 e. The molecule has 41 heavy (non-hydrogen) atoms. The average molecular weight is 554 g/mol. The Morgan fingerprint density at radius 2 is 2.07 bits per heavy atom. The molecule has 4 aromatic rings. The van der Waals surface area contributed by atoms with Gasteiger partial charge in [0.25, 0.3) is 5.91 Å². The zero-order valence-electron chi connectivity index (χ0n) is 23.6. The minimum absolute atomic E-state index is 0.0779. The number of carbonyl (C=O) groups is 2. The standard InChI is InChI=1S/C31H35N7O3/c1-4-7-21-10-13-25(34-19-21)35-31(40)22-11-12-23(20(2)18-22)27-28-29(32)33-14-16-38(28)30(36-27)24-8-5-15-37(24)26(39)9-6-17-41-3/h6,9-14,16,18-19,24H,4-5,7-8,15,17H2,1-3H3,(H2,32,33)(H,34,35,40)/b9-6+/t24-/m0/s1. The van der Waals surface area contributed by atoms with E-state index in [0.29, 0.717) is 41.6 Å². The zero-order valence-corrected chi connectivity index (χ0v) is 23.6. The Kier molecular flexibility index (Phi) is 8.39. The van der Waals surface area contributed by atoms with Crippen molar-refractivity contribution in [3.63, 3.8) is 0 Å². The van der Waals surface area contributed by atoms with E-state index in [1.54, 1.807) is 37.7 Å². The summed E-state index contributed by atoms with van der Waals surface area (Å²) in [7, 11) is 1.59. The number of aryl methyl sites for hydroxylation is 2. The van der Waals surface area contributed by atoms with Gasteiger partial charge in [-0.15, -0.1) is 0 Å². The highest BCUT2D eigenvalue weighted by atomic mass is 16.5. The van der Waals surface area contributed by atoms with Crippen molar-refractivity contribution in [1.82, 2.24) is 24.3 Å². The van der Waals surface area contributed by atoms with Crippen LogP contribution in [-0.2, 0) is 16.0 Å². The Morgan fingerprint density at radius 3 is 2.80 bits per heavy atom. The second-order valence-electron chi connectivity index (χ2n) is 10.2. The Balaban J connectivity index is 1.45. The van der Waals surface area contributed by atoms with Crippen molar-refractivity contribution in [3.8, 4) is 11.3 Å². The maximum atomic E-state index is 13.0. The molecule has 4 heterocycles. The van der Waals surface area contributed by atoms with E-state index in [1.165, 1.54) is 0 Å². The molecule has 3 aromatic heterocycles. The number of aromatic nitrogens is 4. The van der Waals surface area contributed by atoms with E-state index in [0.717, 1.165) is 48.2 Å². The van der Waals surface area contributed by atoms with Gasteiger partial charge in [-0.2, -0.15) is 0 Å². The van der Waals surface area contributed by atoms with Gasteiger partial charge in [-0.1, -0.05) is 31.6 Å². The Morgan fingerprint density at radius 1 is 1.22 bits per heavy atom. The van der Waals surface area contributed by atoms with Gasteiger partial charge in [0, 0.05) is 49.4 Å². The highest BCUT2D eigenvalue weighted by Crippen LogP contribution is 2.37. The van der Waals surface area contributed by atoms with E-state index in [-0.39, 0.29) is 17.9 Å². The molecule has 0 unspecified atom stereocenters. The first-order valence-corrected chi connectivity index (χ1v) is 13.9. The smallest absolute Gasteiger partial charge is 0.256 e. The molecule has 0 radical (unpaired) electrons. The lowest BCUT2D eigenvalue weighted by Crippen LogP contribution is -2.30. The number of likely N-dealkylation sites (tertiary alicyclic amines) is 1. The molecule has 1 saturated heterocycles. The first-order chi connectivity index (χ1) is 19.9. The molecule has 1 aliphatic heterocycles. The van der Waals surface area contributed by atoms with Crippen LogP contribution in [0.25, 0.3) is 16.8 Å². The fourth-order valence-electron chi connectivity index (χ4n) is 5.34. The van der Waals surface area contributed by atoms with Crippen LogP contribution in [0, 0.1) is 6.92 Å². The Bertz CT molecular complexity index is 1590. The fraction of sp³-hybridized carbons (Fsp3) is 0.323. The third-order valence-corrected chi connectivity index (χ3v) is 7.32. The van der Waals surface area contributed by atoms with Crippen LogP contribution in [0.2, 0.25) is 0 Å². The van der Waals surface area contributed by atoms with Crippen LogP contribution in [0.15, 0.2) is 61.1 Å². The number of nitrogens with zero attached hydrogens (tertiary/aromatic N) is 5. The summed E-state index contributed by atoms with van der Waals surface area (Å²) < 4.78 is 6.97. The maximum absolute atomic E-state index is 13.0. The molecule has 5 rings (SSSR count).